The van der Waals surface area contributed by atoms with Gasteiger partial charge >= 0.3 is 0 Å². The maximum atomic E-state index is 12.4. The van der Waals surface area contributed by atoms with Crippen molar-refractivity contribution in [1.82, 2.24) is 15.3 Å². The first-order chi connectivity index (χ1) is 13.5. The Morgan fingerprint density at radius 1 is 1.18 bits per heavy atom. The maximum Gasteiger partial charge on any atom is 0.261 e. The van der Waals surface area contributed by atoms with Gasteiger partial charge in [-0.25, -0.2) is 9.97 Å². The van der Waals surface area contributed by atoms with Crippen LogP contribution >= 0.6 is 22.7 Å². The van der Waals surface area contributed by atoms with E-state index in [1.165, 1.54) is 16.9 Å². The van der Waals surface area contributed by atoms with Crippen molar-refractivity contribution in [3.8, 4) is 11.5 Å². The van der Waals surface area contributed by atoms with Crippen LogP contribution in [0.2, 0.25) is 0 Å². The van der Waals surface area contributed by atoms with Gasteiger partial charge in [0, 0.05) is 32.6 Å². The fraction of sp³-hybridized carbons (Fsp3) is 0.250. The number of nitrogens with zero attached hydrogens (tertiary/aromatic N) is 3. The van der Waals surface area contributed by atoms with E-state index in [0.717, 1.165) is 25.9 Å². The fourth-order valence-electron chi connectivity index (χ4n) is 2.67. The molecule has 0 atom stereocenters. The first kappa shape index (κ1) is 18.6. The first-order valence-corrected chi connectivity index (χ1v) is 10.5. The van der Waals surface area contributed by atoms with Gasteiger partial charge in [-0.15, -0.1) is 11.3 Å². The Labute approximate surface area is 170 Å². The molecular formula is C20H20N4O2S2. The molecule has 144 valence electrons. The molecule has 1 aromatic carbocycles. The maximum absolute atomic E-state index is 12.4. The van der Waals surface area contributed by atoms with Gasteiger partial charge in [-0.1, -0.05) is 29.0 Å². The Balaban J connectivity index is 1.34. The van der Waals surface area contributed by atoms with Crippen LogP contribution in [0.15, 0.2) is 41.0 Å². The van der Waals surface area contributed by atoms with Gasteiger partial charge in [0.05, 0.1) is 15.3 Å². The molecule has 0 aliphatic rings. The summed E-state index contributed by atoms with van der Waals surface area (Å²) in [5, 5.41) is 3.90. The largest absolute Gasteiger partial charge is 0.444 e. The molecular weight excluding hydrogens is 392 g/mol. The standard InChI is InChI=1S/C20H20N4O2S2/c1-12-4-6-13(7-5-12)18-22-14(11-26-18)8-9-21-17(25)15-10-16-19(27-15)23-20(28-16)24(2)3/h4-7,10-11H,8-9H2,1-3H3,(H,21,25). The van der Waals surface area contributed by atoms with Crippen LogP contribution in [0.3, 0.4) is 0 Å². The number of aryl methyl sites for hydroxylation is 1. The molecule has 0 radical (unpaired) electrons. The smallest absolute Gasteiger partial charge is 0.261 e. The highest BCUT2D eigenvalue weighted by Crippen LogP contribution is 2.33. The van der Waals surface area contributed by atoms with Crippen molar-refractivity contribution in [3.05, 3.63) is 52.7 Å². The first-order valence-electron chi connectivity index (χ1n) is 8.87. The zero-order valence-electron chi connectivity index (χ0n) is 15.9. The Morgan fingerprint density at radius 3 is 2.68 bits per heavy atom. The molecule has 1 N–H and O–H groups in total. The number of thiophene rings is 1. The van der Waals surface area contributed by atoms with Crippen LogP contribution in [0.1, 0.15) is 20.9 Å². The van der Waals surface area contributed by atoms with Crippen molar-refractivity contribution in [1.29, 1.82) is 0 Å². The molecule has 8 heteroatoms. The number of rotatable bonds is 6. The molecule has 4 aromatic rings. The second-order valence-electron chi connectivity index (χ2n) is 6.69. The Hall–Kier alpha value is -2.71. The quantitative estimate of drug-likeness (QED) is 0.509. The number of oxazole rings is 1. The number of aromatic nitrogens is 2. The van der Waals surface area contributed by atoms with Crippen molar-refractivity contribution in [2.24, 2.45) is 0 Å². The van der Waals surface area contributed by atoms with E-state index < -0.39 is 0 Å². The van der Waals surface area contributed by atoms with Gasteiger partial charge in [-0.2, -0.15) is 0 Å². The van der Waals surface area contributed by atoms with Gasteiger partial charge < -0.3 is 14.6 Å². The fourth-order valence-corrected chi connectivity index (χ4v) is 4.72. The third-order valence-electron chi connectivity index (χ3n) is 4.20. The average molecular weight is 413 g/mol. The molecule has 3 aromatic heterocycles. The van der Waals surface area contributed by atoms with Crippen LogP contribution in [0.5, 0.6) is 0 Å². The Kier molecular flexibility index (Phi) is 5.15. The molecule has 0 saturated carbocycles. The molecule has 0 spiro atoms. The highest BCUT2D eigenvalue weighted by molar-refractivity contribution is 7.29. The van der Waals surface area contributed by atoms with E-state index in [1.54, 1.807) is 17.6 Å². The van der Waals surface area contributed by atoms with Crippen LogP contribution in [0.25, 0.3) is 21.0 Å². The lowest BCUT2D eigenvalue weighted by molar-refractivity contribution is 0.0958. The normalized spacial score (nSPS) is 11.1. The van der Waals surface area contributed by atoms with Gasteiger partial charge in [0.1, 0.15) is 11.1 Å². The Bertz CT molecular complexity index is 1080. The summed E-state index contributed by atoms with van der Waals surface area (Å²) < 4.78 is 6.60. The third-order valence-corrected chi connectivity index (χ3v) is 6.53. The third kappa shape index (κ3) is 3.93. The summed E-state index contributed by atoms with van der Waals surface area (Å²) in [6.07, 6.45) is 2.26. The van der Waals surface area contributed by atoms with Crippen molar-refractivity contribution in [3.63, 3.8) is 0 Å². The summed E-state index contributed by atoms with van der Waals surface area (Å²) in [6.45, 7) is 2.54. The number of thiazole rings is 1. The van der Waals surface area contributed by atoms with E-state index in [4.69, 9.17) is 4.42 Å². The predicted octanol–water partition coefficient (Wildman–Crippen LogP) is 4.36. The predicted molar refractivity (Wildman–Crippen MR) is 115 cm³/mol. The number of amides is 1. The molecule has 4 rings (SSSR count). The molecule has 3 heterocycles. The molecule has 6 nitrogen and oxygen atoms in total. The van der Waals surface area contributed by atoms with Crippen LogP contribution in [-0.4, -0.2) is 36.5 Å². The summed E-state index contributed by atoms with van der Waals surface area (Å²) >= 11 is 3.01. The molecule has 28 heavy (non-hydrogen) atoms. The van der Waals surface area contributed by atoms with Crippen LogP contribution in [-0.2, 0) is 6.42 Å². The van der Waals surface area contributed by atoms with E-state index in [-0.39, 0.29) is 5.91 Å². The lowest BCUT2D eigenvalue weighted by Gasteiger charge is -2.05. The monoisotopic (exact) mass is 412 g/mol. The van der Waals surface area contributed by atoms with Gasteiger partial charge in [-0.05, 0) is 25.1 Å². The average Bonchev–Trinajstić information content (AvgIpc) is 3.36. The second-order valence-corrected chi connectivity index (χ2v) is 8.73. The van der Waals surface area contributed by atoms with Gasteiger partial charge in [-0.3, -0.25) is 4.79 Å². The minimum atomic E-state index is -0.0798. The number of hydrogen-bond acceptors (Lipinski definition) is 7. The van der Waals surface area contributed by atoms with Gasteiger partial charge in [0.25, 0.3) is 5.91 Å². The highest BCUT2D eigenvalue weighted by Gasteiger charge is 2.15. The minimum Gasteiger partial charge on any atom is -0.444 e. The number of fused-ring (bicyclic) bond motifs is 1. The molecule has 0 aliphatic heterocycles. The summed E-state index contributed by atoms with van der Waals surface area (Å²) in [5.41, 5.74) is 2.96. The summed E-state index contributed by atoms with van der Waals surface area (Å²) in [5.74, 6) is 0.520. The van der Waals surface area contributed by atoms with Crippen molar-refractivity contribution in [2.75, 3.05) is 25.5 Å². The molecule has 0 unspecified atom stereocenters. The van der Waals surface area contributed by atoms with Crippen molar-refractivity contribution < 1.29 is 9.21 Å². The molecule has 0 saturated heterocycles. The summed E-state index contributed by atoms with van der Waals surface area (Å²) in [4.78, 5) is 25.0. The van der Waals surface area contributed by atoms with E-state index in [0.29, 0.717) is 23.7 Å². The molecule has 1 amide bonds. The molecule has 0 bridgehead atoms. The van der Waals surface area contributed by atoms with Crippen LogP contribution < -0.4 is 10.2 Å². The topological polar surface area (TPSA) is 71.3 Å². The Morgan fingerprint density at radius 2 is 1.96 bits per heavy atom. The van der Waals surface area contributed by atoms with E-state index >= 15 is 0 Å². The van der Waals surface area contributed by atoms with E-state index in [9.17, 15) is 4.79 Å². The molecule has 0 fully saturated rings. The van der Waals surface area contributed by atoms with Gasteiger partial charge in [0.2, 0.25) is 5.89 Å². The number of carbonyl (C=O) groups is 1. The van der Waals surface area contributed by atoms with Crippen LogP contribution in [0, 0.1) is 6.92 Å². The van der Waals surface area contributed by atoms with Crippen LogP contribution in [0.4, 0.5) is 5.13 Å². The van der Waals surface area contributed by atoms with Crippen molar-refractivity contribution in [2.45, 2.75) is 13.3 Å². The van der Waals surface area contributed by atoms with E-state index in [2.05, 4.69) is 15.3 Å². The summed E-state index contributed by atoms with van der Waals surface area (Å²) in [7, 11) is 3.92. The lowest BCUT2D eigenvalue weighted by atomic mass is 10.1. The second kappa shape index (κ2) is 7.73. The number of nitrogens with one attached hydrogen (secondary N) is 1. The van der Waals surface area contributed by atoms with E-state index in [1.807, 2.05) is 56.3 Å². The zero-order valence-corrected chi connectivity index (χ0v) is 17.5. The zero-order chi connectivity index (χ0) is 19.7. The minimum absolute atomic E-state index is 0.0798. The number of anilines is 1. The lowest BCUT2D eigenvalue weighted by Crippen LogP contribution is -2.24. The summed E-state index contributed by atoms with van der Waals surface area (Å²) in [6, 6.07) is 9.95. The number of carbonyl (C=O) groups excluding carboxylic acids is 1. The van der Waals surface area contributed by atoms with Crippen molar-refractivity contribution >= 4 is 43.2 Å². The SMILES string of the molecule is Cc1ccc(-c2nc(CCNC(=O)c3cc4sc(N(C)C)nc4s3)co2)cc1. The highest BCUT2D eigenvalue weighted by atomic mass is 32.1. The number of benzene rings is 1. The van der Waals surface area contributed by atoms with Gasteiger partial charge in [0.15, 0.2) is 5.13 Å². The number of hydrogen-bond donors (Lipinski definition) is 1. The molecule has 0 aliphatic carbocycles.